The van der Waals surface area contributed by atoms with Crippen LogP contribution >= 0.6 is 0 Å². The maximum Gasteiger partial charge on any atom is 0.157 e. The Morgan fingerprint density at radius 1 is 1.12 bits per heavy atom. The van der Waals surface area contributed by atoms with E-state index < -0.39 is 0 Å². The molecular formula is C22H29NO3. The Morgan fingerprint density at radius 3 is 2.46 bits per heavy atom. The summed E-state index contributed by atoms with van der Waals surface area (Å²) < 4.78 is 12.7. The fraction of sp³-hybridized carbons (Fsp3) is 0.455. The number of hydrogen-bond acceptors (Lipinski definition) is 4. The van der Waals surface area contributed by atoms with E-state index >= 15 is 0 Å². The van der Waals surface area contributed by atoms with Gasteiger partial charge in [-0.25, -0.2) is 0 Å². The fourth-order valence-corrected chi connectivity index (χ4v) is 3.76. The Kier molecular flexibility index (Phi) is 5.72. The van der Waals surface area contributed by atoms with Gasteiger partial charge in [0.15, 0.2) is 6.23 Å². The molecule has 0 saturated carbocycles. The molecule has 2 unspecified atom stereocenters. The Bertz CT molecular complexity index is 710. The monoisotopic (exact) mass is 355 g/mol. The number of hydrogen-bond donors (Lipinski definition) is 2. The second-order valence-corrected chi connectivity index (χ2v) is 6.93. The molecule has 0 radical (unpaired) electrons. The second-order valence-electron chi connectivity index (χ2n) is 6.93. The minimum Gasteiger partial charge on any atom is -0.508 e. The molecule has 3 rings (SSSR count). The summed E-state index contributed by atoms with van der Waals surface area (Å²) in [5.41, 5.74) is 1.03. The van der Waals surface area contributed by atoms with E-state index in [1.807, 2.05) is 6.07 Å². The summed E-state index contributed by atoms with van der Waals surface area (Å²) in [6.45, 7) is 7.29. The first kappa shape index (κ1) is 18.6. The molecule has 0 aliphatic carbocycles. The van der Waals surface area contributed by atoms with Crippen molar-refractivity contribution in [2.45, 2.75) is 57.8 Å². The van der Waals surface area contributed by atoms with Crippen LogP contribution in [-0.2, 0) is 0 Å². The van der Waals surface area contributed by atoms with Crippen LogP contribution in [0.3, 0.4) is 0 Å². The molecule has 1 aliphatic rings. The molecule has 0 amide bonds. The van der Waals surface area contributed by atoms with E-state index in [2.05, 4.69) is 44.3 Å². The maximum atomic E-state index is 9.52. The molecule has 1 aliphatic heterocycles. The van der Waals surface area contributed by atoms with Gasteiger partial charge in [-0.1, -0.05) is 39.0 Å². The summed E-state index contributed by atoms with van der Waals surface area (Å²) in [6.07, 6.45) is 2.68. The van der Waals surface area contributed by atoms with Crippen LogP contribution in [0.5, 0.6) is 17.2 Å². The molecule has 2 N–H and O–H groups in total. The Morgan fingerprint density at radius 2 is 1.81 bits per heavy atom. The van der Waals surface area contributed by atoms with E-state index in [1.54, 1.807) is 24.3 Å². The smallest absolute Gasteiger partial charge is 0.157 e. The van der Waals surface area contributed by atoms with Crippen LogP contribution in [-0.4, -0.2) is 23.5 Å². The van der Waals surface area contributed by atoms with Crippen molar-refractivity contribution in [3.8, 4) is 17.2 Å². The molecule has 140 valence electrons. The highest BCUT2D eigenvalue weighted by Gasteiger charge is 2.42. The molecule has 0 saturated heterocycles. The highest BCUT2D eigenvalue weighted by atomic mass is 16.5. The molecule has 0 aromatic heterocycles. The SMILES string of the molecule is CCNC(Oc1ccc(O)cc1)C1CC(CC)(CC)Oc2ccccc21. The van der Waals surface area contributed by atoms with Crippen LogP contribution in [0.2, 0.25) is 0 Å². The molecule has 0 fully saturated rings. The summed E-state index contributed by atoms with van der Waals surface area (Å²) in [5, 5.41) is 13.0. The van der Waals surface area contributed by atoms with Crippen molar-refractivity contribution >= 4 is 0 Å². The lowest BCUT2D eigenvalue weighted by Crippen LogP contribution is -2.48. The summed E-state index contributed by atoms with van der Waals surface area (Å²) in [6, 6.07) is 15.2. The molecule has 26 heavy (non-hydrogen) atoms. The predicted octanol–water partition coefficient (Wildman–Crippen LogP) is 4.83. The van der Waals surface area contributed by atoms with Crippen LogP contribution in [0.15, 0.2) is 48.5 Å². The molecule has 0 bridgehead atoms. The predicted molar refractivity (Wildman–Crippen MR) is 104 cm³/mol. The molecule has 2 aromatic carbocycles. The Labute approximate surface area is 156 Å². The van der Waals surface area contributed by atoms with Gasteiger partial charge in [0.05, 0.1) is 0 Å². The molecule has 4 heteroatoms. The second kappa shape index (κ2) is 8.00. The number of likely N-dealkylation sites (N-methyl/N-ethyl adjacent to an activating group) is 1. The van der Waals surface area contributed by atoms with Gasteiger partial charge in [-0.15, -0.1) is 0 Å². The normalized spacial score (nSPS) is 19.3. The minimum atomic E-state index is -0.162. The molecular weight excluding hydrogens is 326 g/mol. The van der Waals surface area contributed by atoms with Crippen molar-refractivity contribution in [3.63, 3.8) is 0 Å². The van der Waals surface area contributed by atoms with Crippen LogP contribution in [0.1, 0.15) is 51.5 Å². The summed E-state index contributed by atoms with van der Waals surface area (Å²) >= 11 is 0. The van der Waals surface area contributed by atoms with Crippen LogP contribution in [0, 0.1) is 0 Å². The van der Waals surface area contributed by atoms with Gasteiger partial charge in [0.2, 0.25) is 0 Å². The topological polar surface area (TPSA) is 50.7 Å². The highest BCUT2D eigenvalue weighted by molar-refractivity contribution is 5.40. The third-order valence-corrected chi connectivity index (χ3v) is 5.40. The molecule has 2 aromatic rings. The number of phenols is 1. The Hall–Kier alpha value is -2.20. The molecule has 1 heterocycles. The largest absolute Gasteiger partial charge is 0.508 e. The van der Waals surface area contributed by atoms with Crippen molar-refractivity contribution in [3.05, 3.63) is 54.1 Å². The standard InChI is InChI=1S/C22H29NO3/c1-4-22(5-2)15-19(18-9-7-8-10-20(18)26-22)21(23-6-3)25-17-13-11-16(24)12-14-17/h7-14,19,21,23-24H,4-6,15H2,1-3H3. The zero-order valence-electron chi connectivity index (χ0n) is 15.9. The van der Waals surface area contributed by atoms with Crippen LogP contribution < -0.4 is 14.8 Å². The number of aromatic hydroxyl groups is 1. The van der Waals surface area contributed by atoms with Crippen molar-refractivity contribution in [2.24, 2.45) is 0 Å². The number of benzene rings is 2. The number of ether oxygens (including phenoxy) is 2. The maximum absolute atomic E-state index is 9.52. The van der Waals surface area contributed by atoms with E-state index in [4.69, 9.17) is 9.47 Å². The van der Waals surface area contributed by atoms with Crippen molar-refractivity contribution < 1.29 is 14.6 Å². The summed E-state index contributed by atoms with van der Waals surface area (Å²) in [4.78, 5) is 0. The van der Waals surface area contributed by atoms with E-state index in [0.717, 1.165) is 37.3 Å². The first-order chi connectivity index (χ1) is 12.6. The van der Waals surface area contributed by atoms with Gasteiger partial charge >= 0.3 is 0 Å². The van der Waals surface area contributed by atoms with Gasteiger partial charge in [0.1, 0.15) is 22.8 Å². The van der Waals surface area contributed by atoms with Gasteiger partial charge in [0.25, 0.3) is 0 Å². The number of nitrogens with one attached hydrogen (secondary N) is 1. The number of fused-ring (bicyclic) bond motifs is 1. The average molecular weight is 355 g/mol. The van der Waals surface area contributed by atoms with Crippen molar-refractivity contribution in [2.75, 3.05) is 6.54 Å². The first-order valence-corrected chi connectivity index (χ1v) is 9.57. The third-order valence-electron chi connectivity index (χ3n) is 5.40. The first-order valence-electron chi connectivity index (χ1n) is 9.57. The van der Waals surface area contributed by atoms with E-state index in [0.29, 0.717) is 0 Å². The zero-order valence-corrected chi connectivity index (χ0v) is 15.9. The number of para-hydroxylation sites is 1. The summed E-state index contributed by atoms with van der Waals surface area (Å²) in [7, 11) is 0. The third kappa shape index (κ3) is 3.80. The fourth-order valence-electron chi connectivity index (χ4n) is 3.76. The van der Waals surface area contributed by atoms with E-state index in [-0.39, 0.29) is 23.5 Å². The van der Waals surface area contributed by atoms with Gasteiger partial charge in [-0.2, -0.15) is 0 Å². The average Bonchev–Trinajstić information content (AvgIpc) is 2.68. The lowest BCUT2D eigenvalue weighted by molar-refractivity contribution is 0.000886. The highest BCUT2D eigenvalue weighted by Crippen LogP contribution is 2.45. The van der Waals surface area contributed by atoms with Gasteiger partial charge < -0.3 is 14.6 Å². The zero-order chi connectivity index (χ0) is 18.6. The van der Waals surface area contributed by atoms with Gasteiger partial charge in [-0.3, -0.25) is 5.32 Å². The number of phenolic OH excluding ortho intramolecular Hbond substituents is 1. The number of rotatable bonds is 7. The van der Waals surface area contributed by atoms with Crippen molar-refractivity contribution in [1.29, 1.82) is 0 Å². The van der Waals surface area contributed by atoms with E-state index in [9.17, 15) is 5.11 Å². The van der Waals surface area contributed by atoms with Gasteiger partial charge in [-0.05, 0) is 56.1 Å². The molecule has 2 atom stereocenters. The minimum absolute atomic E-state index is 0.160. The molecule has 4 nitrogen and oxygen atoms in total. The van der Waals surface area contributed by atoms with E-state index in [1.165, 1.54) is 5.56 Å². The van der Waals surface area contributed by atoms with Crippen molar-refractivity contribution in [1.82, 2.24) is 5.32 Å². The lowest BCUT2D eigenvalue weighted by Gasteiger charge is -2.43. The summed E-state index contributed by atoms with van der Waals surface area (Å²) in [5.74, 6) is 2.14. The quantitative estimate of drug-likeness (QED) is 0.698. The van der Waals surface area contributed by atoms with Crippen LogP contribution in [0.25, 0.3) is 0 Å². The van der Waals surface area contributed by atoms with Gasteiger partial charge in [0, 0.05) is 11.5 Å². The Balaban J connectivity index is 1.94. The van der Waals surface area contributed by atoms with Crippen LogP contribution in [0.4, 0.5) is 0 Å². The lowest BCUT2D eigenvalue weighted by atomic mass is 9.78. The molecule has 0 spiro atoms.